The van der Waals surface area contributed by atoms with Gasteiger partial charge in [-0.1, -0.05) is 11.6 Å². The predicted octanol–water partition coefficient (Wildman–Crippen LogP) is 4.34. The van der Waals surface area contributed by atoms with Gasteiger partial charge in [0, 0.05) is 28.8 Å². The zero-order chi connectivity index (χ0) is 22.8. The van der Waals surface area contributed by atoms with Gasteiger partial charge in [-0.15, -0.1) is 0 Å². The van der Waals surface area contributed by atoms with Gasteiger partial charge >= 0.3 is 6.18 Å². The fraction of sp³-hybridized carbons (Fsp3) is 0.0556. The minimum Gasteiger partial charge on any atom is -0.321 e. The van der Waals surface area contributed by atoms with Gasteiger partial charge in [-0.2, -0.15) is 13.2 Å². The molecule has 0 aliphatic carbocycles. The summed E-state index contributed by atoms with van der Waals surface area (Å²) in [5.41, 5.74) is -2.73. The first kappa shape index (κ1) is 22.4. The monoisotopic (exact) mass is 474 g/mol. The smallest absolute Gasteiger partial charge is 0.321 e. The Labute approximate surface area is 178 Å². The number of carbonyl (C=O) groups is 1. The van der Waals surface area contributed by atoms with Gasteiger partial charge in [-0.25, -0.2) is 22.8 Å². The lowest BCUT2D eigenvalue weighted by atomic mass is 10.2. The average molecular weight is 475 g/mol. The van der Waals surface area contributed by atoms with E-state index in [4.69, 9.17) is 11.6 Å². The highest BCUT2D eigenvalue weighted by Crippen LogP contribution is 2.30. The maximum absolute atomic E-state index is 14.2. The summed E-state index contributed by atoms with van der Waals surface area (Å²) in [7, 11) is -4.44. The topological polar surface area (TPSA) is 101 Å². The third kappa shape index (κ3) is 5.27. The molecule has 0 bridgehead atoms. The number of nitrogens with zero attached hydrogens (tertiary/aromatic N) is 2. The molecule has 31 heavy (non-hydrogen) atoms. The lowest BCUT2D eigenvalue weighted by Gasteiger charge is -2.12. The first-order valence-electron chi connectivity index (χ1n) is 8.25. The highest BCUT2D eigenvalue weighted by atomic mass is 35.5. The van der Waals surface area contributed by atoms with Crippen LogP contribution >= 0.6 is 11.6 Å². The zero-order valence-electron chi connectivity index (χ0n) is 15.1. The second-order valence-corrected chi connectivity index (χ2v) is 8.05. The standard InChI is InChI=1S/C18H11ClF4N4O3S/c19-10-1-3-11(4-2-10)27-31(29,30)14-9-12(5-6-13(14)20)26-17(28)15-16(18(21,22)23)25-8-7-24-15/h1-9,27H,(H,26,28). The number of hydrogen-bond donors (Lipinski definition) is 2. The number of sulfonamides is 1. The van der Waals surface area contributed by atoms with Gasteiger partial charge in [0.05, 0.1) is 0 Å². The molecular weight excluding hydrogens is 464 g/mol. The molecule has 0 aliphatic heterocycles. The number of aromatic nitrogens is 2. The number of benzene rings is 2. The van der Waals surface area contributed by atoms with Crippen molar-refractivity contribution in [2.24, 2.45) is 0 Å². The van der Waals surface area contributed by atoms with Crippen LogP contribution in [0.4, 0.5) is 28.9 Å². The Morgan fingerprint density at radius 1 is 0.968 bits per heavy atom. The summed E-state index contributed by atoms with van der Waals surface area (Å²) in [4.78, 5) is 17.9. The van der Waals surface area contributed by atoms with E-state index in [1.54, 1.807) is 0 Å². The van der Waals surface area contributed by atoms with Crippen molar-refractivity contribution in [3.05, 3.63) is 77.1 Å². The van der Waals surface area contributed by atoms with E-state index < -0.39 is 44.2 Å². The number of alkyl halides is 3. The molecule has 7 nitrogen and oxygen atoms in total. The Hall–Kier alpha value is -3.25. The van der Waals surface area contributed by atoms with E-state index in [9.17, 15) is 30.8 Å². The molecule has 1 amide bonds. The van der Waals surface area contributed by atoms with Crippen LogP contribution in [-0.4, -0.2) is 24.3 Å². The van der Waals surface area contributed by atoms with Crippen LogP contribution in [0.2, 0.25) is 5.02 Å². The van der Waals surface area contributed by atoms with Crippen LogP contribution in [0, 0.1) is 5.82 Å². The fourth-order valence-corrected chi connectivity index (χ4v) is 3.71. The van der Waals surface area contributed by atoms with E-state index in [1.165, 1.54) is 24.3 Å². The lowest BCUT2D eigenvalue weighted by Crippen LogP contribution is -2.22. The number of halogens is 5. The van der Waals surface area contributed by atoms with Crippen LogP contribution in [0.1, 0.15) is 16.2 Å². The number of nitrogens with one attached hydrogen (secondary N) is 2. The highest BCUT2D eigenvalue weighted by molar-refractivity contribution is 7.92. The SMILES string of the molecule is O=C(Nc1ccc(F)c(S(=O)(=O)Nc2ccc(Cl)cc2)c1)c1nccnc1C(F)(F)F. The van der Waals surface area contributed by atoms with Gasteiger partial charge < -0.3 is 5.32 Å². The molecule has 3 aromatic rings. The molecule has 0 fully saturated rings. The van der Waals surface area contributed by atoms with Gasteiger partial charge in [0.2, 0.25) is 0 Å². The van der Waals surface area contributed by atoms with Crippen molar-refractivity contribution in [3.8, 4) is 0 Å². The lowest BCUT2D eigenvalue weighted by molar-refractivity contribution is -0.141. The first-order chi connectivity index (χ1) is 14.5. The van der Waals surface area contributed by atoms with Gasteiger partial charge in [0.15, 0.2) is 11.4 Å². The molecule has 0 saturated heterocycles. The van der Waals surface area contributed by atoms with Gasteiger partial charge in [-0.05, 0) is 42.5 Å². The van der Waals surface area contributed by atoms with Crippen molar-refractivity contribution >= 4 is 38.9 Å². The van der Waals surface area contributed by atoms with E-state index in [1.807, 2.05) is 0 Å². The predicted molar refractivity (Wildman–Crippen MR) is 104 cm³/mol. The summed E-state index contributed by atoms with van der Waals surface area (Å²) in [6, 6.07) is 7.99. The van der Waals surface area contributed by atoms with Gasteiger partial charge in [0.1, 0.15) is 10.7 Å². The molecule has 2 aromatic carbocycles. The molecule has 2 N–H and O–H groups in total. The molecule has 162 valence electrons. The van der Waals surface area contributed by atoms with Crippen LogP contribution < -0.4 is 10.0 Å². The molecule has 1 heterocycles. The van der Waals surface area contributed by atoms with Crippen LogP contribution in [-0.2, 0) is 16.2 Å². The summed E-state index contributed by atoms with van der Waals surface area (Å²) in [5.74, 6) is -2.45. The summed E-state index contributed by atoms with van der Waals surface area (Å²) in [6.45, 7) is 0. The molecule has 1 aromatic heterocycles. The normalized spacial score (nSPS) is 11.8. The molecule has 0 saturated carbocycles. The van der Waals surface area contributed by atoms with Crippen LogP contribution in [0.3, 0.4) is 0 Å². The molecule has 0 aliphatic rings. The third-order valence-corrected chi connectivity index (χ3v) is 5.41. The molecule has 3 rings (SSSR count). The molecular formula is C18H11ClF4N4O3S. The van der Waals surface area contributed by atoms with Crippen molar-refractivity contribution in [3.63, 3.8) is 0 Å². The highest BCUT2D eigenvalue weighted by Gasteiger charge is 2.38. The Morgan fingerprint density at radius 3 is 2.23 bits per heavy atom. The summed E-state index contributed by atoms with van der Waals surface area (Å²) >= 11 is 5.73. The number of amides is 1. The van der Waals surface area contributed by atoms with Crippen molar-refractivity contribution in [1.29, 1.82) is 0 Å². The minimum absolute atomic E-state index is 0.0904. The number of anilines is 2. The number of rotatable bonds is 5. The number of hydrogen-bond acceptors (Lipinski definition) is 5. The van der Waals surface area contributed by atoms with Crippen molar-refractivity contribution in [2.45, 2.75) is 11.1 Å². The van der Waals surface area contributed by atoms with E-state index >= 15 is 0 Å². The van der Waals surface area contributed by atoms with E-state index in [0.717, 1.165) is 30.6 Å². The van der Waals surface area contributed by atoms with Crippen molar-refractivity contribution in [2.75, 3.05) is 10.0 Å². The average Bonchev–Trinajstić information content (AvgIpc) is 2.70. The fourth-order valence-electron chi connectivity index (χ4n) is 2.42. The van der Waals surface area contributed by atoms with E-state index in [0.29, 0.717) is 5.02 Å². The molecule has 0 radical (unpaired) electrons. The Bertz CT molecular complexity index is 1240. The number of carbonyl (C=O) groups excluding carboxylic acids is 1. The Kier molecular flexibility index (Phi) is 6.13. The minimum atomic E-state index is -4.94. The molecule has 0 unspecified atom stereocenters. The zero-order valence-corrected chi connectivity index (χ0v) is 16.7. The Balaban J connectivity index is 1.90. The first-order valence-corrected chi connectivity index (χ1v) is 10.1. The van der Waals surface area contributed by atoms with Crippen LogP contribution in [0.25, 0.3) is 0 Å². The summed E-state index contributed by atoms with van der Waals surface area (Å²) in [6.07, 6.45) is -3.29. The van der Waals surface area contributed by atoms with Gasteiger partial charge in [-0.3, -0.25) is 9.52 Å². The second kappa shape index (κ2) is 8.47. The maximum Gasteiger partial charge on any atom is 0.435 e. The summed E-state index contributed by atoms with van der Waals surface area (Å²) in [5, 5.41) is 2.41. The summed E-state index contributed by atoms with van der Waals surface area (Å²) < 4.78 is 80.5. The molecule has 0 atom stereocenters. The van der Waals surface area contributed by atoms with E-state index in [2.05, 4.69) is 20.0 Å². The molecule has 0 spiro atoms. The maximum atomic E-state index is 14.2. The van der Waals surface area contributed by atoms with Crippen LogP contribution in [0.5, 0.6) is 0 Å². The van der Waals surface area contributed by atoms with Gasteiger partial charge in [0.25, 0.3) is 15.9 Å². The van der Waals surface area contributed by atoms with Crippen molar-refractivity contribution in [1.82, 2.24) is 9.97 Å². The third-order valence-electron chi connectivity index (χ3n) is 3.76. The largest absolute Gasteiger partial charge is 0.435 e. The Morgan fingerprint density at radius 2 is 1.58 bits per heavy atom. The van der Waals surface area contributed by atoms with Crippen molar-refractivity contribution < 1.29 is 30.8 Å². The molecule has 13 heteroatoms. The van der Waals surface area contributed by atoms with Crippen LogP contribution in [0.15, 0.2) is 59.8 Å². The quantitative estimate of drug-likeness (QED) is 0.536. The van der Waals surface area contributed by atoms with E-state index in [-0.39, 0.29) is 11.4 Å². The second-order valence-electron chi connectivity index (χ2n) is 5.96.